The Morgan fingerprint density at radius 3 is 2.11 bits per heavy atom. The van der Waals surface area contributed by atoms with E-state index in [1.54, 1.807) is 29.7 Å². The second-order valence-corrected chi connectivity index (χ2v) is 11.4. The van der Waals surface area contributed by atoms with E-state index in [2.05, 4.69) is 41.9 Å². The molecule has 1 amide bonds. The molecule has 6 rings (SSSR count). The predicted molar refractivity (Wildman–Crippen MR) is 143 cm³/mol. The van der Waals surface area contributed by atoms with Crippen molar-refractivity contribution in [1.82, 2.24) is 34.6 Å². The molecule has 0 atom stereocenters. The fourth-order valence-electron chi connectivity index (χ4n) is 6.54. The number of amides is 1. The van der Waals surface area contributed by atoms with E-state index in [1.807, 2.05) is 12.1 Å². The number of nitrogens with one attached hydrogen (secondary N) is 2. The number of H-pyrrole nitrogens is 2. The van der Waals surface area contributed by atoms with Crippen molar-refractivity contribution in [1.29, 1.82) is 0 Å². The number of piperidine rings is 1. The van der Waals surface area contributed by atoms with Gasteiger partial charge < -0.3 is 14.9 Å². The van der Waals surface area contributed by atoms with Crippen LogP contribution in [0.3, 0.4) is 0 Å². The van der Waals surface area contributed by atoms with Crippen molar-refractivity contribution in [3.8, 4) is 0 Å². The Balaban J connectivity index is 1.02. The molecule has 1 saturated carbocycles. The highest BCUT2D eigenvalue weighted by Crippen LogP contribution is 2.43. The van der Waals surface area contributed by atoms with E-state index in [0.717, 1.165) is 24.2 Å². The Morgan fingerprint density at radius 2 is 1.54 bits per heavy atom. The SMILES string of the molecule is O=C(c1ccc(CN2CCC3(CC2)CN(C2CCCCC2)C3)cc1)N(Cc1ncc[nH]1)Cc1ncc[nH]1. The summed E-state index contributed by atoms with van der Waals surface area (Å²) in [7, 11) is 0. The molecule has 2 aromatic heterocycles. The topological polar surface area (TPSA) is 84.2 Å². The van der Waals surface area contributed by atoms with Crippen molar-refractivity contribution in [2.24, 2.45) is 5.41 Å². The third kappa shape index (κ3) is 5.65. The van der Waals surface area contributed by atoms with Crippen LogP contribution in [0.15, 0.2) is 49.1 Å². The number of carbonyl (C=O) groups excluding carboxylic acids is 1. The molecular formula is C29H39N7O. The van der Waals surface area contributed by atoms with Gasteiger partial charge in [-0.25, -0.2) is 9.97 Å². The first-order valence-corrected chi connectivity index (χ1v) is 14.0. The van der Waals surface area contributed by atoms with E-state index in [4.69, 9.17) is 0 Å². The minimum atomic E-state index is -0.0215. The van der Waals surface area contributed by atoms with E-state index < -0.39 is 0 Å². The highest BCUT2D eigenvalue weighted by molar-refractivity contribution is 5.94. The summed E-state index contributed by atoms with van der Waals surface area (Å²) in [5.41, 5.74) is 2.54. The highest BCUT2D eigenvalue weighted by atomic mass is 16.2. The quantitative estimate of drug-likeness (QED) is 0.483. The maximum Gasteiger partial charge on any atom is 0.254 e. The summed E-state index contributed by atoms with van der Waals surface area (Å²) in [5, 5.41) is 0. The van der Waals surface area contributed by atoms with Crippen molar-refractivity contribution < 1.29 is 4.79 Å². The summed E-state index contributed by atoms with van der Waals surface area (Å²) < 4.78 is 0. The number of hydrogen-bond donors (Lipinski definition) is 2. The summed E-state index contributed by atoms with van der Waals surface area (Å²) in [4.78, 5) is 35.3. The molecule has 37 heavy (non-hydrogen) atoms. The number of benzene rings is 1. The van der Waals surface area contributed by atoms with Gasteiger partial charge in [0.05, 0.1) is 13.1 Å². The molecule has 3 fully saturated rings. The lowest BCUT2D eigenvalue weighted by Gasteiger charge is -2.57. The molecule has 2 aliphatic heterocycles. The number of nitrogens with zero attached hydrogens (tertiary/aromatic N) is 5. The number of likely N-dealkylation sites (tertiary alicyclic amines) is 2. The Bertz CT molecular complexity index is 1080. The molecule has 2 saturated heterocycles. The molecule has 1 spiro atoms. The van der Waals surface area contributed by atoms with Crippen LogP contribution in [0.25, 0.3) is 0 Å². The lowest BCUT2D eigenvalue weighted by atomic mass is 9.70. The van der Waals surface area contributed by atoms with Crippen LogP contribution in [0.5, 0.6) is 0 Å². The first-order valence-electron chi connectivity index (χ1n) is 14.0. The first-order chi connectivity index (χ1) is 18.2. The van der Waals surface area contributed by atoms with Crippen molar-refractivity contribution in [2.45, 2.75) is 70.6 Å². The van der Waals surface area contributed by atoms with Gasteiger partial charge in [-0.1, -0.05) is 31.4 Å². The van der Waals surface area contributed by atoms with Crippen LogP contribution in [0.1, 0.15) is 72.5 Å². The minimum absolute atomic E-state index is 0.0215. The summed E-state index contributed by atoms with van der Waals surface area (Å²) in [6.45, 7) is 6.78. The van der Waals surface area contributed by atoms with Gasteiger partial charge in [0.1, 0.15) is 11.6 Å². The molecule has 8 heteroatoms. The fourth-order valence-corrected chi connectivity index (χ4v) is 6.54. The maximum absolute atomic E-state index is 13.4. The van der Waals surface area contributed by atoms with E-state index in [-0.39, 0.29) is 5.91 Å². The van der Waals surface area contributed by atoms with E-state index in [1.165, 1.54) is 76.7 Å². The summed E-state index contributed by atoms with van der Waals surface area (Å²) in [6, 6.07) is 9.03. The van der Waals surface area contributed by atoms with Crippen molar-refractivity contribution in [3.05, 3.63) is 71.8 Å². The number of aromatic amines is 2. The molecular weight excluding hydrogens is 462 g/mol. The van der Waals surface area contributed by atoms with Crippen molar-refractivity contribution >= 4 is 5.91 Å². The van der Waals surface area contributed by atoms with Crippen molar-refractivity contribution in [2.75, 3.05) is 26.2 Å². The molecule has 0 radical (unpaired) electrons. The van der Waals surface area contributed by atoms with Crippen molar-refractivity contribution in [3.63, 3.8) is 0 Å². The van der Waals surface area contributed by atoms with Gasteiger partial charge in [0, 0.05) is 56.0 Å². The average Bonchev–Trinajstić information content (AvgIpc) is 3.63. The van der Waals surface area contributed by atoms with E-state index >= 15 is 0 Å². The summed E-state index contributed by atoms with van der Waals surface area (Å²) in [6.07, 6.45) is 16.8. The van der Waals surface area contributed by atoms with E-state index in [0.29, 0.717) is 24.1 Å². The molecule has 8 nitrogen and oxygen atoms in total. The molecule has 3 aliphatic rings. The van der Waals surface area contributed by atoms with Gasteiger partial charge in [0.25, 0.3) is 5.91 Å². The summed E-state index contributed by atoms with van der Waals surface area (Å²) >= 11 is 0. The van der Waals surface area contributed by atoms with Crippen LogP contribution in [0.4, 0.5) is 0 Å². The van der Waals surface area contributed by atoms with Gasteiger partial charge in [-0.3, -0.25) is 14.6 Å². The van der Waals surface area contributed by atoms with Gasteiger partial charge in [0.15, 0.2) is 0 Å². The largest absolute Gasteiger partial charge is 0.347 e. The fraction of sp³-hybridized carbons (Fsp3) is 0.552. The summed E-state index contributed by atoms with van der Waals surface area (Å²) in [5.74, 6) is 1.49. The molecule has 1 aliphatic carbocycles. The van der Waals surface area contributed by atoms with Gasteiger partial charge in [-0.05, 0) is 61.9 Å². The second-order valence-electron chi connectivity index (χ2n) is 11.4. The Morgan fingerprint density at radius 1 is 0.919 bits per heavy atom. The molecule has 196 valence electrons. The zero-order valence-electron chi connectivity index (χ0n) is 21.7. The lowest BCUT2D eigenvalue weighted by Crippen LogP contribution is -2.63. The average molecular weight is 502 g/mol. The second kappa shape index (κ2) is 10.8. The smallest absolute Gasteiger partial charge is 0.254 e. The number of rotatable bonds is 8. The Labute approximate surface area is 219 Å². The zero-order valence-corrected chi connectivity index (χ0v) is 21.7. The van der Waals surface area contributed by atoms with Crippen LogP contribution in [-0.4, -0.2) is 72.8 Å². The number of carbonyl (C=O) groups is 1. The number of aromatic nitrogens is 4. The predicted octanol–water partition coefficient (Wildman–Crippen LogP) is 4.21. The van der Waals surface area contributed by atoms with Crippen LogP contribution >= 0.6 is 0 Å². The van der Waals surface area contributed by atoms with Gasteiger partial charge in [-0.2, -0.15) is 0 Å². The molecule has 0 bridgehead atoms. The normalized spacial score (nSPS) is 20.6. The van der Waals surface area contributed by atoms with Gasteiger partial charge in [-0.15, -0.1) is 0 Å². The van der Waals surface area contributed by atoms with Crippen LogP contribution < -0.4 is 0 Å². The minimum Gasteiger partial charge on any atom is -0.347 e. The maximum atomic E-state index is 13.4. The Kier molecular flexibility index (Phi) is 7.11. The van der Waals surface area contributed by atoms with Crippen LogP contribution in [0, 0.1) is 5.41 Å². The monoisotopic (exact) mass is 501 g/mol. The molecule has 3 aromatic rings. The molecule has 4 heterocycles. The van der Waals surface area contributed by atoms with Crippen LogP contribution in [0.2, 0.25) is 0 Å². The third-order valence-electron chi connectivity index (χ3n) is 8.77. The number of hydrogen-bond acceptors (Lipinski definition) is 5. The van der Waals surface area contributed by atoms with Crippen LogP contribution in [-0.2, 0) is 19.6 Å². The lowest BCUT2D eigenvalue weighted by molar-refractivity contribution is -0.0767. The first kappa shape index (κ1) is 24.4. The molecule has 1 aromatic carbocycles. The van der Waals surface area contributed by atoms with Gasteiger partial charge >= 0.3 is 0 Å². The molecule has 2 N–H and O–H groups in total. The Hall–Kier alpha value is -2.97. The van der Waals surface area contributed by atoms with E-state index in [9.17, 15) is 4.79 Å². The third-order valence-corrected chi connectivity index (χ3v) is 8.77. The highest BCUT2D eigenvalue weighted by Gasteiger charge is 2.46. The zero-order chi connectivity index (χ0) is 25.1. The molecule has 0 unspecified atom stereocenters. The standard InChI is InChI=1S/C29H39N7O/c37-28(35(19-26-30-12-13-31-26)20-27-32-14-15-33-27)24-8-6-23(7-9-24)18-34-16-10-29(11-17-34)21-36(22-29)25-4-2-1-3-5-25/h6-9,12-15,25H,1-5,10-11,16-22H2,(H,30,31)(H,32,33). The number of imidazole rings is 2. The van der Waals surface area contributed by atoms with Gasteiger partial charge in [0.2, 0.25) is 0 Å².